The smallest absolute Gasteiger partial charge is 0.306 e. The number of aromatic nitrogens is 1. The van der Waals surface area contributed by atoms with Crippen molar-refractivity contribution in [3.63, 3.8) is 0 Å². The molecule has 0 radical (unpaired) electrons. The van der Waals surface area contributed by atoms with Crippen molar-refractivity contribution in [3.8, 4) is 0 Å². The van der Waals surface area contributed by atoms with Gasteiger partial charge in [0, 0.05) is 17.8 Å². The molecule has 4 atom stereocenters. The minimum atomic E-state index is -0.635. The van der Waals surface area contributed by atoms with Crippen LogP contribution in [0.1, 0.15) is 90.4 Å². The Balaban J connectivity index is 0.00000212. The van der Waals surface area contributed by atoms with Crippen molar-refractivity contribution in [2.75, 3.05) is 19.6 Å². The van der Waals surface area contributed by atoms with Gasteiger partial charge in [0.25, 0.3) is 0 Å². The third-order valence-corrected chi connectivity index (χ3v) is 11.2. The van der Waals surface area contributed by atoms with E-state index in [2.05, 4.69) is 48.2 Å². The number of hydrogen-bond acceptors (Lipinski definition) is 4. The second-order valence-electron chi connectivity index (χ2n) is 12.8. The Hall–Kier alpha value is -1.99. The Kier molecular flexibility index (Phi) is 12.1. The predicted octanol–water partition coefficient (Wildman–Crippen LogP) is 8.77. The molecule has 1 saturated heterocycles. The van der Waals surface area contributed by atoms with Gasteiger partial charge in [0.05, 0.1) is 16.6 Å². The maximum atomic E-state index is 14.3. The van der Waals surface area contributed by atoms with Crippen molar-refractivity contribution in [2.24, 2.45) is 23.7 Å². The minimum Gasteiger partial charge on any atom is -0.481 e. The van der Waals surface area contributed by atoms with Gasteiger partial charge in [-0.25, -0.2) is 9.37 Å². The fourth-order valence-electron chi connectivity index (χ4n) is 7.59. The van der Waals surface area contributed by atoms with Crippen LogP contribution >= 0.6 is 36.2 Å². The number of carboxylic acids is 1. The molecule has 0 amide bonds. The predicted molar refractivity (Wildman–Crippen MR) is 177 cm³/mol. The van der Waals surface area contributed by atoms with Crippen LogP contribution in [0.3, 0.4) is 0 Å². The summed E-state index contributed by atoms with van der Waals surface area (Å²) in [7, 11) is 0. The van der Waals surface area contributed by atoms with E-state index in [4.69, 9.17) is 4.98 Å². The summed E-state index contributed by atoms with van der Waals surface area (Å²) in [5, 5.41) is 11.3. The first-order valence-corrected chi connectivity index (χ1v) is 16.5. The van der Waals surface area contributed by atoms with Crippen LogP contribution < -0.4 is 0 Å². The summed E-state index contributed by atoms with van der Waals surface area (Å²) >= 11 is 1.91. The molecule has 3 aliphatic rings. The third kappa shape index (κ3) is 8.39. The number of hydrogen-bond donors (Lipinski definition) is 1. The summed E-state index contributed by atoms with van der Waals surface area (Å²) in [5.41, 5.74) is 3.64. The first-order chi connectivity index (χ1) is 20.0. The van der Waals surface area contributed by atoms with Crippen LogP contribution in [-0.4, -0.2) is 40.6 Å². The molecule has 2 aromatic carbocycles. The molecular weight excluding hydrogens is 602 g/mol. The quantitative estimate of drug-likeness (QED) is 0.226. The number of benzene rings is 2. The molecule has 43 heavy (non-hydrogen) atoms. The molecular formula is C35H45Cl2FN2O2S. The normalized spacial score (nSPS) is 23.3. The van der Waals surface area contributed by atoms with Gasteiger partial charge in [-0.2, -0.15) is 0 Å². The van der Waals surface area contributed by atoms with Gasteiger partial charge in [-0.15, -0.1) is 36.2 Å². The topological polar surface area (TPSA) is 53.4 Å². The van der Waals surface area contributed by atoms with E-state index < -0.39 is 5.97 Å². The first-order valence-electron chi connectivity index (χ1n) is 15.7. The van der Waals surface area contributed by atoms with Crippen molar-refractivity contribution < 1.29 is 14.3 Å². The zero-order chi connectivity index (χ0) is 28.3. The SMILES string of the molecule is CCc1nc(Cc2ccccc2)sc1C1CCN(CC2CC([C@H](CC3CC3)C(=O)O)CC2c2cccc(F)c2)CC1.Cl.Cl. The highest BCUT2D eigenvalue weighted by Gasteiger charge is 2.43. The van der Waals surface area contributed by atoms with Gasteiger partial charge in [0.2, 0.25) is 0 Å². The van der Waals surface area contributed by atoms with Crippen molar-refractivity contribution in [2.45, 2.75) is 76.5 Å². The van der Waals surface area contributed by atoms with E-state index in [9.17, 15) is 14.3 Å². The maximum absolute atomic E-state index is 14.3. The Labute approximate surface area is 272 Å². The molecule has 234 valence electrons. The zero-order valence-corrected chi connectivity index (χ0v) is 27.4. The van der Waals surface area contributed by atoms with Gasteiger partial charge >= 0.3 is 5.97 Å². The van der Waals surface area contributed by atoms with Gasteiger partial charge in [-0.05, 0) is 104 Å². The summed E-state index contributed by atoms with van der Waals surface area (Å²) in [6.07, 6.45) is 9.12. The molecule has 1 aliphatic heterocycles. The van der Waals surface area contributed by atoms with Crippen LogP contribution in [-0.2, 0) is 17.6 Å². The number of carbonyl (C=O) groups is 1. The van der Waals surface area contributed by atoms with E-state index in [0.717, 1.165) is 70.1 Å². The number of thiazole rings is 1. The standard InChI is InChI=1S/C35H43FN2O2S.2ClH/c1-2-32-34(41-33(37-32)18-23-7-4-3-5-8-23)25-13-15-38(16-14-25)22-28-19-27(31(35(39)40)17-24-11-12-24)21-30(28)26-9-6-10-29(36)20-26;;/h3-10,20,24-25,27-28,30-31H,2,11-19,21-22H2,1H3,(H,39,40);2*1H/t27?,28?,30?,31-;;/m0../s1. The molecule has 3 unspecified atom stereocenters. The number of likely N-dealkylation sites (tertiary alicyclic amines) is 1. The molecule has 2 saturated carbocycles. The number of rotatable bonds is 11. The Morgan fingerprint density at radius 3 is 2.44 bits per heavy atom. The number of carboxylic acid groups (broad SMARTS) is 1. The third-order valence-electron chi connectivity index (χ3n) is 9.93. The molecule has 4 nitrogen and oxygen atoms in total. The molecule has 2 heterocycles. The molecule has 1 N–H and O–H groups in total. The lowest BCUT2D eigenvalue weighted by Crippen LogP contribution is -2.37. The number of halogens is 3. The van der Waals surface area contributed by atoms with Crippen molar-refractivity contribution in [1.82, 2.24) is 9.88 Å². The van der Waals surface area contributed by atoms with Crippen molar-refractivity contribution in [1.29, 1.82) is 0 Å². The highest BCUT2D eigenvalue weighted by molar-refractivity contribution is 7.11. The average Bonchev–Trinajstić information content (AvgIpc) is 3.57. The largest absolute Gasteiger partial charge is 0.481 e. The summed E-state index contributed by atoms with van der Waals surface area (Å²) in [5.74, 6) is 0.831. The van der Waals surface area contributed by atoms with Gasteiger partial charge in [0.1, 0.15) is 5.82 Å². The van der Waals surface area contributed by atoms with E-state index in [-0.39, 0.29) is 48.4 Å². The Bertz CT molecular complexity index is 1330. The number of aliphatic carboxylic acids is 1. The molecule has 0 bridgehead atoms. The zero-order valence-electron chi connectivity index (χ0n) is 25.0. The Morgan fingerprint density at radius 2 is 1.79 bits per heavy atom. The summed E-state index contributed by atoms with van der Waals surface area (Å²) in [6.45, 7) is 5.31. The molecule has 2 aliphatic carbocycles. The summed E-state index contributed by atoms with van der Waals surface area (Å²) in [4.78, 5) is 21.4. The van der Waals surface area contributed by atoms with E-state index in [1.165, 1.54) is 40.1 Å². The number of aryl methyl sites for hydroxylation is 1. The molecule has 3 aromatic rings. The minimum absolute atomic E-state index is 0. The van der Waals surface area contributed by atoms with E-state index >= 15 is 0 Å². The summed E-state index contributed by atoms with van der Waals surface area (Å²) in [6, 6.07) is 17.7. The van der Waals surface area contributed by atoms with Crippen LogP contribution in [0.15, 0.2) is 54.6 Å². The second kappa shape index (κ2) is 15.3. The first kappa shape index (κ1) is 33.9. The molecule has 8 heteroatoms. The Morgan fingerprint density at radius 1 is 1.05 bits per heavy atom. The van der Waals surface area contributed by atoms with Crippen LogP contribution in [0.5, 0.6) is 0 Å². The van der Waals surface area contributed by atoms with Crippen molar-refractivity contribution >= 4 is 42.1 Å². The number of piperidine rings is 1. The highest BCUT2D eigenvalue weighted by atomic mass is 35.5. The van der Waals surface area contributed by atoms with Gasteiger partial charge in [-0.1, -0.05) is 62.2 Å². The van der Waals surface area contributed by atoms with Gasteiger partial charge < -0.3 is 10.0 Å². The molecule has 3 fully saturated rings. The lowest BCUT2D eigenvalue weighted by atomic mass is 9.85. The monoisotopic (exact) mass is 646 g/mol. The van der Waals surface area contributed by atoms with Crippen LogP contribution in [0.4, 0.5) is 4.39 Å². The summed E-state index contributed by atoms with van der Waals surface area (Å²) < 4.78 is 14.3. The average molecular weight is 648 g/mol. The van der Waals surface area contributed by atoms with E-state index in [1.54, 1.807) is 6.07 Å². The van der Waals surface area contributed by atoms with Crippen LogP contribution in [0, 0.1) is 29.5 Å². The van der Waals surface area contributed by atoms with E-state index in [1.807, 2.05) is 17.4 Å². The fourth-order valence-corrected chi connectivity index (χ4v) is 8.95. The molecule has 6 rings (SSSR count). The van der Waals surface area contributed by atoms with E-state index in [0.29, 0.717) is 17.8 Å². The van der Waals surface area contributed by atoms with Gasteiger partial charge in [0.15, 0.2) is 0 Å². The second-order valence-corrected chi connectivity index (χ2v) is 13.9. The highest BCUT2D eigenvalue weighted by Crippen LogP contribution is 2.50. The van der Waals surface area contributed by atoms with Crippen LogP contribution in [0.25, 0.3) is 0 Å². The fraction of sp³-hybridized carbons (Fsp3) is 0.543. The molecule has 1 aromatic heterocycles. The van der Waals surface area contributed by atoms with Crippen molar-refractivity contribution in [3.05, 3.63) is 87.1 Å². The lowest BCUT2D eigenvalue weighted by molar-refractivity contribution is -0.144. The van der Waals surface area contributed by atoms with Gasteiger partial charge in [-0.3, -0.25) is 4.79 Å². The lowest BCUT2D eigenvalue weighted by Gasteiger charge is -2.35. The maximum Gasteiger partial charge on any atom is 0.306 e. The van der Waals surface area contributed by atoms with Crippen LogP contribution in [0.2, 0.25) is 0 Å². The molecule has 0 spiro atoms. The number of nitrogens with zero attached hydrogens (tertiary/aromatic N) is 2.